The predicted octanol–water partition coefficient (Wildman–Crippen LogP) is 2.86. The van der Waals surface area contributed by atoms with Crippen LogP contribution in [0.15, 0.2) is 24.3 Å². The summed E-state index contributed by atoms with van der Waals surface area (Å²) in [5.74, 6) is 0. The van der Waals surface area contributed by atoms with E-state index in [-0.39, 0.29) is 0 Å². The molecule has 0 spiro atoms. The summed E-state index contributed by atoms with van der Waals surface area (Å²) < 4.78 is 37.0. The molecule has 1 aromatic carbocycles. The maximum atomic E-state index is 12.3. The van der Waals surface area contributed by atoms with Crippen molar-refractivity contribution >= 4 is 0 Å². The lowest BCUT2D eigenvalue weighted by molar-refractivity contribution is -0.137. The summed E-state index contributed by atoms with van der Waals surface area (Å²) in [7, 11) is 1.83. The second kappa shape index (κ2) is 5.16. The average molecular weight is 217 g/mol. The van der Waals surface area contributed by atoms with Crippen molar-refractivity contribution in [3.8, 4) is 0 Å². The minimum atomic E-state index is -4.24. The first-order valence-electron chi connectivity index (χ1n) is 4.85. The van der Waals surface area contributed by atoms with E-state index in [0.717, 1.165) is 24.6 Å². The molecule has 0 fully saturated rings. The maximum Gasteiger partial charge on any atom is 0.416 e. The first-order chi connectivity index (χ1) is 7.04. The summed E-state index contributed by atoms with van der Waals surface area (Å²) in [6, 6.07) is 5.50. The molecule has 0 amide bonds. The Morgan fingerprint density at radius 3 is 2.60 bits per heavy atom. The molecule has 84 valence electrons. The van der Waals surface area contributed by atoms with Gasteiger partial charge in [-0.25, -0.2) is 0 Å². The Balaban J connectivity index is 2.66. The molecule has 0 saturated carbocycles. The second-order valence-corrected chi connectivity index (χ2v) is 3.41. The first kappa shape index (κ1) is 12.0. The number of hydrogen-bond acceptors (Lipinski definition) is 1. The van der Waals surface area contributed by atoms with Crippen molar-refractivity contribution in [1.29, 1.82) is 0 Å². The number of aryl methyl sites for hydroxylation is 1. The van der Waals surface area contributed by atoms with Crippen LogP contribution in [0.4, 0.5) is 13.2 Å². The van der Waals surface area contributed by atoms with Crippen LogP contribution in [0.5, 0.6) is 0 Å². The zero-order valence-electron chi connectivity index (χ0n) is 8.56. The van der Waals surface area contributed by atoms with Gasteiger partial charge in [-0.2, -0.15) is 13.2 Å². The maximum absolute atomic E-state index is 12.3. The number of nitrogens with one attached hydrogen (secondary N) is 1. The lowest BCUT2D eigenvalue weighted by Crippen LogP contribution is -2.09. The summed E-state index contributed by atoms with van der Waals surface area (Å²) in [6.07, 6.45) is -2.72. The normalized spacial score (nSPS) is 11.7. The van der Waals surface area contributed by atoms with Crippen LogP contribution in [0.2, 0.25) is 0 Å². The van der Waals surface area contributed by atoms with E-state index in [1.807, 2.05) is 7.05 Å². The molecule has 0 bridgehead atoms. The highest BCUT2D eigenvalue weighted by Crippen LogP contribution is 2.29. The van der Waals surface area contributed by atoms with Gasteiger partial charge in [-0.15, -0.1) is 0 Å². The number of hydrogen-bond donors (Lipinski definition) is 1. The molecule has 1 nitrogen and oxygen atoms in total. The molecule has 1 N–H and O–H groups in total. The van der Waals surface area contributed by atoms with Gasteiger partial charge in [0.05, 0.1) is 5.56 Å². The summed E-state index contributed by atoms with van der Waals surface area (Å²) in [5, 5.41) is 2.96. The van der Waals surface area contributed by atoms with E-state index in [2.05, 4.69) is 5.32 Å². The van der Waals surface area contributed by atoms with E-state index in [1.54, 1.807) is 6.07 Å². The average Bonchev–Trinajstić information content (AvgIpc) is 2.17. The summed E-state index contributed by atoms with van der Waals surface area (Å²) in [4.78, 5) is 0. The fourth-order valence-corrected chi connectivity index (χ4v) is 1.37. The van der Waals surface area contributed by atoms with Gasteiger partial charge in [0, 0.05) is 0 Å². The molecule has 4 heteroatoms. The van der Waals surface area contributed by atoms with Crippen molar-refractivity contribution in [2.45, 2.75) is 19.0 Å². The van der Waals surface area contributed by atoms with Crippen molar-refractivity contribution < 1.29 is 13.2 Å². The topological polar surface area (TPSA) is 12.0 Å². The zero-order valence-corrected chi connectivity index (χ0v) is 8.56. The largest absolute Gasteiger partial charge is 0.416 e. The van der Waals surface area contributed by atoms with Gasteiger partial charge in [0.1, 0.15) is 0 Å². The van der Waals surface area contributed by atoms with Crippen molar-refractivity contribution in [3.05, 3.63) is 35.4 Å². The molecule has 0 aliphatic heterocycles. The van der Waals surface area contributed by atoms with Crippen LogP contribution in [0, 0.1) is 0 Å². The number of halogens is 3. The quantitative estimate of drug-likeness (QED) is 0.765. The number of rotatable bonds is 4. The van der Waals surface area contributed by atoms with Gasteiger partial charge in [-0.05, 0) is 38.1 Å². The standard InChI is InChI=1S/C11H14F3N/c1-15-7-3-5-9-4-2-6-10(8-9)11(12,13)14/h2,4,6,8,15H,3,5,7H2,1H3. The van der Waals surface area contributed by atoms with Crippen LogP contribution < -0.4 is 5.32 Å². The third-order valence-electron chi connectivity index (χ3n) is 2.15. The first-order valence-corrected chi connectivity index (χ1v) is 4.85. The smallest absolute Gasteiger partial charge is 0.320 e. The molecule has 1 rings (SSSR count). The fourth-order valence-electron chi connectivity index (χ4n) is 1.37. The van der Waals surface area contributed by atoms with Crippen LogP contribution >= 0.6 is 0 Å². The number of alkyl halides is 3. The van der Waals surface area contributed by atoms with Gasteiger partial charge in [-0.3, -0.25) is 0 Å². The molecule has 0 radical (unpaired) electrons. The Bertz CT molecular complexity index is 307. The van der Waals surface area contributed by atoms with Crippen molar-refractivity contribution in [2.24, 2.45) is 0 Å². The van der Waals surface area contributed by atoms with Gasteiger partial charge >= 0.3 is 6.18 Å². The molecule has 0 aliphatic carbocycles. The molecule has 0 heterocycles. The monoisotopic (exact) mass is 217 g/mol. The van der Waals surface area contributed by atoms with Crippen molar-refractivity contribution in [1.82, 2.24) is 5.32 Å². The van der Waals surface area contributed by atoms with E-state index in [1.165, 1.54) is 12.1 Å². The van der Waals surface area contributed by atoms with Gasteiger partial charge in [0.2, 0.25) is 0 Å². The molecule has 0 aromatic heterocycles. The highest BCUT2D eigenvalue weighted by Gasteiger charge is 2.30. The minimum Gasteiger partial charge on any atom is -0.320 e. The zero-order chi connectivity index (χ0) is 11.3. The summed E-state index contributed by atoms with van der Waals surface area (Å²) in [6.45, 7) is 0.816. The molecule has 0 unspecified atom stereocenters. The van der Waals surface area contributed by atoms with Crippen LogP contribution in [0.1, 0.15) is 17.5 Å². The van der Waals surface area contributed by atoms with E-state index >= 15 is 0 Å². The van der Waals surface area contributed by atoms with Gasteiger partial charge in [-0.1, -0.05) is 18.2 Å². The second-order valence-electron chi connectivity index (χ2n) is 3.41. The SMILES string of the molecule is CNCCCc1cccc(C(F)(F)F)c1. The minimum absolute atomic E-state index is 0.565. The fraction of sp³-hybridized carbons (Fsp3) is 0.455. The van der Waals surface area contributed by atoms with E-state index in [4.69, 9.17) is 0 Å². The molecule has 0 saturated heterocycles. The Kier molecular flexibility index (Phi) is 4.15. The van der Waals surface area contributed by atoms with Crippen LogP contribution in [0.3, 0.4) is 0 Å². The Hall–Kier alpha value is -1.03. The highest BCUT2D eigenvalue weighted by atomic mass is 19.4. The van der Waals surface area contributed by atoms with E-state index < -0.39 is 11.7 Å². The Morgan fingerprint density at radius 1 is 1.27 bits per heavy atom. The summed E-state index contributed by atoms with van der Waals surface area (Å²) in [5.41, 5.74) is 0.171. The van der Waals surface area contributed by atoms with Crippen LogP contribution in [-0.2, 0) is 12.6 Å². The third-order valence-corrected chi connectivity index (χ3v) is 2.15. The molecule has 0 aliphatic rings. The van der Waals surface area contributed by atoms with Gasteiger partial charge in [0.15, 0.2) is 0 Å². The van der Waals surface area contributed by atoms with E-state index in [0.29, 0.717) is 6.42 Å². The third kappa shape index (κ3) is 3.91. The Labute approximate surface area is 87.3 Å². The highest BCUT2D eigenvalue weighted by molar-refractivity contribution is 5.25. The van der Waals surface area contributed by atoms with Gasteiger partial charge < -0.3 is 5.32 Å². The van der Waals surface area contributed by atoms with Crippen LogP contribution in [-0.4, -0.2) is 13.6 Å². The van der Waals surface area contributed by atoms with Crippen molar-refractivity contribution in [3.63, 3.8) is 0 Å². The molecule has 15 heavy (non-hydrogen) atoms. The predicted molar refractivity (Wildman–Crippen MR) is 53.7 cm³/mol. The van der Waals surface area contributed by atoms with E-state index in [9.17, 15) is 13.2 Å². The van der Waals surface area contributed by atoms with Crippen molar-refractivity contribution in [2.75, 3.05) is 13.6 Å². The Morgan fingerprint density at radius 2 is 2.00 bits per heavy atom. The number of benzene rings is 1. The van der Waals surface area contributed by atoms with Crippen LogP contribution in [0.25, 0.3) is 0 Å². The summed E-state index contributed by atoms with van der Waals surface area (Å²) >= 11 is 0. The molecule has 1 aromatic rings. The van der Waals surface area contributed by atoms with Gasteiger partial charge in [0.25, 0.3) is 0 Å². The molecular weight excluding hydrogens is 203 g/mol. The lowest BCUT2D eigenvalue weighted by Gasteiger charge is -2.08. The lowest BCUT2D eigenvalue weighted by atomic mass is 10.1. The molecule has 0 atom stereocenters. The molecular formula is C11H14F3N.